The predicted octanol–water partition coefficient (Wildman–Crippen LogP) is 5.27. The van der Waals surface area contributed by atoms with Gasteiger partial charge in [0.1, 0.15) is 11.4 Å². The third-order valence-corrected chi connectivity index (χ3v) is 4.53. The normalized spacial score (nSPS) is 13.7. The van der Waals surface area contributed by atoms with Gasteiger partial charge in [0.15, 0.2) is 0 Å². The lowest BCUT2D eigenvalue weighted by Crippen LogP contribution is -2.33. The summed E-state index contributed by atoms with van der Waals surface area (Å²) in [7, 11) is 0. The number of benzene rings is 2. The van der Waals surface area contributed by atoms with E-state index in [1.54, 1.807) is 6.08 Å². The summed E-state index contributed by atoms with van der Waals surface area (Å²) in [6.45, 7) is 0.606. The molecule has 10 heteroatoms. The molecule has 1 N–H and O–H groups in total. The Kier molecular flexibility index (Phi) is 5.49. The Morgan fingerprint density at radius 3 is 2.67 bits per heavy atom. The van der Waals surface area contributed by atoms with Crippen LogP contribution in [0.2, 0.25) is 0 Å². The predicted molar refractivity (Wildman–Crippen MR) is 106 cm³/mol. The lowest BCUT2D eigenvalue weighted by molar-refractivity contribution is -0.274. The van der Waals surface area contributed by atoms with Gasteiger partial charge < -0.3 is 9.26 Å². The van der Waals surface area contributed by atoms with Crippen LogP contribution >= 0.6 is 15.9 Å². The molecule has 0 saturated heterocycles. The standard InChI is InChI=1S/C20H14BrF3N4O2/c21-15-4-1-3-13(11-15)12-28-10-2-5-17(26-28)19-25-18(27-30-19)14-6-8-16(9-7-14)29-20(22,23)24/h1-11,26H,12H2. The van der Waals surface area contributed by atoms with Gasteiger partial charge in [-0.15, -0.1) is 13.2 Å². The van der Waals surface area contributed by atoms with E-state index in [2.05, 4.69) is 36.2 Å². The first-order chi connectivity index (χ1) is 14.4. The first kappa shape index (κ1) is 20.0. The molecule has 0 radical (unpaired) electrons. The number of rotatable bonds is 5. The number of ether oxygens (including phenoxy) is 1. The lowest BCUT2D eigenvalue weighted by atomic mass is 10.2. The van der Waals surface area contributed by atoms with Crippen LogP contribution in [0.5, 0.6) is 5.75 Å². The third-order valence-electron chi connectivity index (χ3n) is 4.04. The average molecular weight is 479 g/mol. The van der Waals surface area contributed by atoms with Crippen LogP contribution in [0.1, 0.15) is 11.5 Å². The molecule has 6 nitrogen and oxygen atoms in total. The second kappa shape index (κ2) is 8.23. The van der Waals surface area contributed by atoms with Crippen molar-refractivity contribution in [3.8, 4) is 17.1 Å². The fourth-order valence-corrected chi connectivity index (χ4v) is 3.22. The summed E-state index contributed by atoms with van der Waals surface area (Å²) >= 11 is 3.45. The first-order valence-electron chi connectivity index (χ1n) is 8.72. The molecule has 30 heavy (non-hydrogen) atoms. The molecule has 0 saturated carbocycles. The zero-order valence-electron chi connectivity index (χ0n) is 15.2. The van der Waals surface area contributed by atoms with E-state index in [-0.39, 0.29) is 17.5 Å². The maximum Gasteiger partial charge on any atom is 0.573 e. The summed E-state index contributed by atoms with van der Waals surface area (Å²) in [5, 5.41) is 5.77. The van der Waals surface area contributed by atoms with Crippen LogP contribution < -0.4 is 10.2 Å². The van der Waals surface area contributed by atoms with Gasteiger partial charge in [-0.05, 0) is 54.1 Å². The van der Waals surface area contributed by atoms with E-state index < -0.39 is 6.36 Å². The molecule has 1 aliphatic heterocycles. The lowest BCUT2D eigenvalue weighted by Gasteiger charge is -2.25. The van der Waals surface area contributed by atoms with Crippen molar-refractivity contribution in [3.05, 3.63) is 82.8 Å². The molecule has 2 heterocycles. The van der Waals surface area contributed by atoms with Crippen molar-refractivity contribution < 1.29 is 22.4 Å². The van der Waals surface area contributed by atoms with Crippen molar-refractivity contribution in [2.45, 2.75) is 12.9 Å². The molecule has 154 valence electrons. The molecule has 0 fully saturated rings. The Bertz CT molecular complexity index is 1090. The SMILES string of the molecule is FC(F)(F)Oc1ccc(-c2noc(C3=CC=CN(Cc4cccc(Br)c4)N3)n2)cc1. The minimum Gasteiger partial charge on any atom is -0.406 e. The summed E-state index contributed by atoms with van der Waals surface area (Å²) in [6, 6.07) is 13.2. The Labute approximate surface area is 177 Å². The largest absolute Gasteiger partial charge is 0.573 e. The molecule has 0 aliphatic carbocycles. The van der Waals surface area contributed by atoms with Gasteiger partial charge in [-0.3, -0.25) is 10.4 Å². The van der Waals surface area contributed by atoms with E-state index in [0.29, 0.717) is 17.8 Å². The van der Waals surface area contributed by atoms with Crippen molar-refractivity contribution in [2.24, 2.45) is 0 Å². The molecule has 0 atom stereocenters. The molecule has 0 spiro atoms. The van der Waals surface area contributed by atoms with E-state index in [1.165, 1.54) is 24.3 Å². The number of hydrogen-bond acceptors (Lipinski definition) is 6. The molecule has 3 aromatic rings. The number of hydrogen-bond donors (Lipinski definition) is 1. The first-order valence-corrected chi connectivity index (χ1v) is 9.51. The molecular weight excluding hydrogens is 465 g/mol. The Morgan fingerprint density at radius 1 is 1.13 bits per heavy atom. The van der Waals surface area contributed by atoms with Crippen molar-refractivity contribution >= 4 is 21.6 Å². The molecule has 1 aliphatic rings. The molecule has 1 aromatic heterocycles. The number of allylic oxidation sites excluding steroid dienone is 2. The maximum absolute atomic E-state index is 12.3. The summed E-state index contributed by atoms with van der Waals surface area (Å²) in [6.07, 6.45) is 0.766. The quantitative estimate of drug-likeness (QED) is 0.538. The van der Waals surface area contributed by atoms with Crippen LogP contribution in [0.4, 0.5) is 13.2 Å². The highest BCUT2D eigenvalue weighted by atomic mass is 79.9. The van der Waals surface area contributed by atoms with Crippen LogP contribution in [0.15, 0.2) is 75.9 Å². The van der Waals surface area contributed by atoms with Crippen LogP contribution in [0, 0.1) is 0 Å². The smallest absolute Gasteiger partial charge is 0.406 e. The molecule has 4 rings (SSSR count). The fraction of sp³-hybridized carbons (Fsp3) is 0.100. The minimum atomic E-state index is -4.74. The Morgan fingerprint density at radius 2 is 1.93 bits per heavy atom. The molecule has 0 unspecified atom stereocenters. The highest BCUT2D eigenvalue weighted by molar-refractivity contribution is 9.10. The summed E-state index contributed by atoms with van der Waals surface area (Å²) < 4.78 is 47.0. The number of halogens is 4. The topological polar surface area (TPSA) is 63.4 Å². The van der Waals surface area contributed by atoms with Gasteiger partial charge in [0.05, 0.1) is 6.54 Å². The summed E-state index contributed by atoms with van der Waals surface area (Å²) in [5.41, 5.74) is 5.38. The maximum atomic E-state index is 12.3. The second-order valence-corrected chi connectivity index (χ2v) is 7.20. The number of nitrogens with one attached hydrogen (secondary N) is 1. The highest BCUT2D eigenvalue weighted by Gasteiger charge is 2.31. The van der Waals surface area contributed by atoms with E-state index in [1.807, 2.05) is 41.6 Å². The van der Waals surface area contributed by atoms with Gasteiger partial charge in [-0.2, -0.15) is 4.98 Å². The van der Waals surface area contributed by atoms with Crippen LogP contribution in [-0.2, 0) is 6.54 Å². The van der Waals surface area contributed by atoms with Gasteiger partial charge in [-0.25, -0.2) is 0 Å². The van der Waals surface area contributed by atoms with E-state index in [4.69, 9.17) is 4.52 Å². The monoisotopic (exact) mass is 478 g/mol. The van der Waals surface area contributed by atoms with Crippen molar-refractivity contribution in [1.29, 1.82) is 0 Å². The van der Waals surface area contributed by atoms with Crippen molar-refractivity contribution in [2.75, 3.05) is 0 Å². The van der Waals surface area contributed by atoms with Gasteiger partial charge in [0.25, 0.3) is 5.89 Å². The van der Waals surface area contributed by atoms with Crippen LogP contribution in [0.3, 0.4) is 0 Å². The number of alkyl halides is 3. The van der Waals surface area contributed by atoms with E-state index in [0.717, 1.165) is 10.0 Å². The summed E-state index contributed by atoms with van der Waals surface area (Å²) in [4.78, 5) is 4.32. The van der Waals surface area contributed by atoms with E-state index in [9.17, 15) is 13.2 Å². The van der Waals surface area contributed by atoms with Gasteiger partial charge in [0.2, 0.25) is 5.82 Å². The average Bonchev–Trinajstić information content (AvgIpc) is 3.18. The molecule has 2 aromatic carbocycles. The number of hydrazine groups is 1. The zero-order chi connectivity index (χ0) is 21.1. The van der Waals surface area contributed by atoms with Crippen molar-refractivity contribution in [3.63, 3.8) is 0 Å². The Hall–Kier alpha value is -3.27. The van der Waals surface area contributed by atoms with Gasteiger partial charge in [0, 0.05) is 16.2 Å². The fourth-order valence-electron chi connectivity index (χ4n) is 2.77. The number of aromatic nitrogens is 2. The minimum absolute atomic E-state index is 0.249. The second-order valence-electron chi connectivity index (χ2n) is 6.29. The number of nitrogens with zero attached hydrogens (tertiary/aromatic N) is 3. The molecule has 0 bridgehead atoms. The van der Waals surface area contributed by atoms with Crippen LogP contribution in [0.25, 0.3) is 17.1 Å². The highest BCUT2D eigenvalue weighted by Crippen LogP contribution is 2.26. The van der Waals surface area contributed by atoms with E-state index >= 15 is 0 Å². The van der Waals surface area contributed by atoms with Gasteiger partial charge >= 0.3 is 6.36 Å². The Balaban J connectivity index is 1.44. The molecular formula is C20H14BrF3N4O2. The zero-order valence-corrected chi connectivity index (χ0v) is 16.8. The van der Waals surface area contributed by atoms with Crippen molar-refractivity contribution in [1.82, 2.24) is 20.6 Å². The van der Waals surface area contributed by atoms with Gasteiger partial charge in [-0.1, -0.05) is 33.2 Å². The van der Waals surface area contributed by atoms with Crippen LogP contribution in [-0.4, -0.2) is 21.5 Å². The third kappa shape index (κ3) is 5.01. The summed E-state index contributed by atoms with van der Waals surface area (Å²) in [5.74, 6) is 0.184. The molecule has 0 amide bonds.